The molecule has 1 aromatic carbocycles. The van der Waals surface area contributed by atoms with Gasteiger partial charge in [-0.05, 0) is 0 Å². The van der Waals surface area contributed by atoms with Crippen LogP contribution in [0.1, 0.15) is 5.82 Å². The van der Waals surface area contributed by atoms with Gasteiger partial charge in [-0.1, -0.05) is 0 Å². The number of hydrogen-bond donors (Lipinski definition) is 1. The lowest BCUT2D eigenvalue weighted by Gasteiger charge is -1.90. The zero-order chi connectivity index (χ0) is 9.42. The number of aromatic nitrogens is 2. The lowest BCUT2D eigenvalue weighted by Crippen LogP contribution is -1.82. The van der Waals surface area contributed by atoms with Gasteiger partial charge in [0.05, 0.1) is 16.9 Å². The number of fused-ring (bicyclic) bond motifs is 1. The highest BCUT2D eigenvalue weighted by Crippen LogP contribution is 2.16. The summed E-state index contributed by atoms with van der Waals surface area (Å²) in [6, 6.07) is 2.10. The molecular weight excluding hydrogens is 233 g/mol. The first-order chi connectivity index (χ1) is 6.20. The molecule has 1 N–H and O–H groups in total. The van der Waals surface area contributed by atoms with Crippen molar-refractivity contribution in [2.45, 2.75) is 5.88 Å². The smallest absolute Gasteiger partial charge is 0.161 e. The van der Waals surface area contributed by atoms with Crippen LogP contribution in [0.25, 0.3) is 11.0 Å². The maximum atomic E-state index is 12.7. The molecule has 2 aromatic rings. The van der Waals surface area contributed by atoms with Crippen LogP contribution < -0.4 is 0 Å². The highest BCUT2D eigenvalue weighted by Gasteiger charge is 2.07. The molecule has 6 heteroatoms. The van der Waals surface area contributed by atoms with Crippen molar-refractivity contribution < 1.29 is 8.78 Å². The van der Waals surface area contributed by atoms with Crippen molar-refractivity contribution in [2.75, 3.05) is 0 Å². The number of imidazole rings is 1. The Morgan fingerprint density at radius 3 is 2.57 bits per heavy atom. The van der Waals surface area contributed by atoms with Crippen molar-refractivity contribution in [3.63, 3.8) is 0 Å². The lowest BCUT2D eigenvalue weighted by molar-refractivity contribution is 0.510. The van der Waals surface area contributed by atoms with E-state index in [0.717, 1.165) is 12.1 Å². The van der Waals surface area contributed by atoms with Crippen molar-refractivity contribution in [3.05, 3.63) is 29.6 Å². The van der Waals surface area contributed by atoms with E-state index in [2.05, 4.69) is 9.97 Å². The molecule has 76 valence electrons. The molecule has 0 amide bonds. The average molecular weight is 239 g/mol. The first-order valence-corrected chi connectivity index (χ1v) is 4.14. The highest BCUT2D eigenvalue weighted by atomic mass is 35.5. The minimum Gasteiger partial charge on any atom is -0.341 e. The van der Waals surface area contributed by atoms with Gasteiger partial charge in [-0.25, -0.2) is 13.8 Å². The third kappa shape index (κ3) is 1.81. The van der Waals surface area contributed by atoms with E-state index in [4.69, 9.17) is 11.6 Å². The molecule has 0 spiro atoms. The summed E-state index contributed by atoms with van der Waals surface area (Å²) in [5.41, 5.74) is 0.837. The number of alkyl halides is 1. The topological polar surface area (TPSA) is 28.7 Å². The summed E-state index contributed by atoms with van der Waals surface area (Å²) in [7, 11) is 0. The fourth-order valence-corrected chi connectivity index (χ4v) is 1.25. The first-order valence-electron chi connectivity index (χ1n) is 3.60. The van der Waals surface area contributed by atoms with Crippen LogP contribution in [0.3, 0.4) is 0 Å². The van der Waals surface area contributed by atoms with E-state index in [9.17, 15) is 8.78 Å². The minimum absolute atomic E-state index is 0. The number of nitrogens with zero attached hydrogens (tertiary/aromatic N) is 1. The molecule has 0 atom stereocenters. The van der Waals surface area contributed by atoms with Gasteiger partial charge >= 0.3 is 0 Å². The summed E-state index contributed by atoms with van der Waals surface area (Å²) >= 11 is 5.50. The van der Waals surface area contributed by atoms with Gasteiger partial charge in [0.25, 0.3) is 0 Å². The van der Waals surface area contributed by atoms with Gasteiger partial charge < -0.3 is 4.98 Å². The molecule has 0 bridgehead atoms. The van der Waals surface area contributed by atoms with Crippen molar-refractivity contribution in [2.24, 2.45) is 0 Å². The third-order valence-electron chi connectivity index (χ3n) is 1.70. The summed E-state index contributed by atoms with van der Waals surface area (Å²) in [4.78, 5) is 6.70. The number of H-pyrrole nitrogens is 1. The number of halogens is 4. The van der Waals surface area contributed by atoms with Crippen LogP contribution in [0.4, 0.5) is 8.78 Å². The predicted octanol–water partition coefficient (Wildman–Crippen LogP) is 3.00. The molecule has 14 heavy (non-hydrogen) atoms. The van der Waals surface area contributed by atoms with Gasteiger partial charge in [0.2, 0.25) is 0 Å². The molecule has 0 aliphatic rings. The van der Waals surface area contributed by atoms with Crippen LogP contribution in [-0.2, 0) is 5.88 Å². The number of aromatic amines is 1. The largest absolute Gasteiger partial charge is 0.341 e. The van der Waals surface area contributed by atoms with Gasteiger partial charge in [0, 0.05) is 12.1 Å². The number of nitrogens with one attached hydrogen (secondary N) is 1. The Bertz CT molecular complexity index is 417. The predicted molar refractivity (Wildman–Crippen MR) is 52.8 cm³/mol. The van der Waals surface area contributed by atoms with E-state index in [1.54, 1.807) is 0 Å². The molecule has 0 aliphatic carbocycles. The van der Waals surface area contributed by atoms with E-state index in [1.165, 1.54) is 0 Å². The summed E-state index contributed by atoms with van der Waals surface area (Å²) in [5.74, 6) is -1.10. The van der Waals surface area contributed by atoms with Crippen LogP contribution in [-0.4, -0.2) is 9.97 Å². The summed E-state index contributed by atoms with van der Waals surface area (Å²) in [5, 5.41) is 0. The zero-order valence-corrected chi connectivity index (χ0v) is 8.42. The Kier molecular flexibility index (Phi) is 3.29. The van der Waals surface area contributed by atoms with E-state index in [-0.39, 0.29) is 18.3 Å². The van der Waals surface area contributed by atoms with Crippen LogP contribution in [0.15, 0.2) is 12.1 Å². The normalized spacial score (nSPS) is 10.2. The Morgan fingerprint density at radius 1 is 1.29 bits per heavy atom. The Labute approximate surface area is 89.7 Å². The van der Waals surface area contributed by atoms with Crippen molar-refractivity contribution in [1.82, 2.24) is 9.97 Å². The van der Waals surface area contributed by atoms with Crippen LogP contribution in [0.2, 0.25) is 0 Å². The summed E-state index contributed by atoms with van der Waals surface area (Å²) in [6.45, 7) is 0. The second kappa shape index (κ2) is 4.11. The molecule has 2 nitrogen and oxygen atoms in total. The molecule has 0 unspecified atom stereocenters. The third-order valence-corrected chi connectivity index (χ3v) is 1.95. The average Bonchev–Trinajstić information content (AvgIpc) is 2.48. The molecule has 1 heterocycles. The second-order valence-corrected chi connectivity index (χ2v) is 2.87. The standard InChI is InChI=1S/C8H5ClF2N2.ClH/c9-3-8-12-6-1-4(10)5(11)2-7(6)13-8;/h1-2H,3H2,(H,12,13);1H. The lowest BCUT2D eigenvalue weighted by atomic mass is 10.3. The molecule has 0 saturated heterocycles. The summed E-state index contributed by atoms with van der Waals surface area (Å²) < 4.78 is 25.4. The highest BCUT2D eigenvalue weighted by molar-refractivity contribution is 6.16. The molecular formula is C8H6Cl2F2N2. The van der Waals surface area contributed by atoms with E-state index >= 15 is 0 Å². The molecule has 0 radical (unpaired) electrons. The molecule has 1 aromatic heterocycles. The Hall–Kier alpha value is -0.870. The van der Waals surface area contributed by atoms with E-state index in [0.29, 0.717) is 16.9 Å². The van der Waals surface area contributed by atoms with Crippen LogP contribution >= 0.6 is 24.0 Å². The van der Waals surface area contributed by atoms with E-state index in [1.807, 2.05) is 0 Å². The maximum Gasteiger partial charge on any atom is 0.161 e. The number of benzene rings is 1. The fraction of sp³-hybridized carbons (Fsp3) is 0.125. The number of hydrogen-bond acceptors (Lipinski definition) is 1. The molecule has 0 aliphatic heterocycles. The maximum absolute atomic E-state index is 12.7. The van der Waals surface area contributed by atoms with Crippen molar-refractivity contribution in [1.29, 1.82) is 0 Å². The Morgan fingerprint density at radius 2 is 1.93 bits per heavy atom. The zero-order valence-electron chi connectivity index (χ0n) is 6.85. The van der Waals surface area contributed by atoms with Gasteiger partial charge in [0.1, 0.15) is 5.82 Å². The monoisotopic (exact) mass is 238 g/mol. The molecule has 0 saturated carbocycles. The molecule has 2 rings (SSSR count). The molecule has 0 fully saturated rings. The van der Waals surface area contributed by atoms with Gasteiger partial charge in [-0.3, -0.25) is 0 Å². The van der Waals surface area contributed by atoms with Crippen LogP contribution in [0.5, 0.6) is 0 Å². The van der Waals surface area contributed by atoms with Gasteiger partial charge in [-0.15, -0.1) is 24.0 Å². The van der Waals surface area contributed by atoms with Crippen molar-refractivity contribution in [3.8, 4) is 0 Å². The number of rotatable bonds is 1. The van der Waals surface area contributed by atoms with Gasteiger partial charge in [0.15, 0.2) is 11.6 Å². The second-order valence-electron chi connectivity index (χ2n) is 2.60. The van der Waals surface area contributed by atoms with Crippen molar-refractivity contribution >= 4 is 35.0 Å². The SMILES string of the molecule is Cl.Fc1cc2nc(CCl)[nH]c2cc1F. The summed E-state index contributed by atoms with van der Waals surface area (Å²) in [6.07, 6.45) is 0. The van der Waals surface area contributed by atoms with Gasteiger partial charge in [-0.2, -0.15) is 0 Å². The Balaban J connectivity index is 0.000000980. The first kappa shape index (κ1) is 11.2. The quantitative estimate of drug-likeness (QED) is 0.761. The van der Waals surface area contributed by atoms with Crippen LogP contribution in [0, 0.1) is 11.6 Å². The van der Waals surface area contributed by atoms with E-state index < -0.39 is 11.6 Å². The minimum atomic E-state index is -0.903. The fourth-order valence-electron chi connectivity index (χ4n) is 1.12.